The van der Waals surface area contributed by atoms with Crippen molar-refractivity contribution in [1.29, 1.82) is 0 Å². The van der Waals surface area contributed by atoms with Crippen molar-refractivity contribution >= 4 is 5.91 Å². The second-order valence-corrected chi connectivity index (χ2v) is 5.23. The molecule has 0 unspecified atom stereocenters. The third kappa shape index (κ3) is 3.96. The molecule has 0 aromatic carbocycles. The van der Waals surface area contributed by atoms with Crippen molar-refractivity contribution in [3.63, 3.8) is 0 Å². The molecule has 0 aromatic heterocycles. The highest BCUT2D eigenvalue weighted by Crippen LogP contribution is 2.32. The number of nitrogens with one attached hydrogen (secondary N) is 2. The molecule has 1 heterocycles. The number of hydrogen-bond donors (Lipinski definition) is 2. The summed E-state index contributed by atoms with van der Waals surface area (Å²) in [5.41, 5.74) is 0. The predicted molar refractivity (Wildman–Crippen MR) is 66.8 cm³/mol. The summed E-state index contributed by atoms with van der Waals surface area (Å²) in [6, 6.07) is 0.346. The lowest BCUT2D eigenvalue weighted by Gasteiger charge is -2.35. The summed E-state index contributed by atoms with van der Waals surface area (Å²) in [6.07, 6.45) is 5.49. The molecule has 2 aliphatic rings. The van der Waals surface area contributed by atoms with E-state index in [4.69, 9.17) is 4.74 Å². The van der Waals surface area contributed by atoms with Crippen molar-refractivity contribution in [2.75, 3.05) is 19.7 Å². The zero-order valence-electron chi connectivity index (χ0n) is 10.7. The Kier molecular flexibility index (Phi) is 4.80. The minimum atomic E-state index is 0.221. The average Bonchev–Trinajstić information content (AvgIpc) is 2.27. The van der Waals surface area contributed by atoms with Gasteiger partial charge in [0.05, 0.1) is 6.10 Å². The molecular formula is C13H24N2O2. The molecule has 1 atom stereocenters. The van der Waals surface area contributed by atoms with E-state index in [2.05, 4.69) is 10.6 Å². The topological polar surface area (TPSA) is 50.4 Å². The lowest BCUT2D eigenvalue weighted by molar-refractivity contribution is -0.125. The van der Waals surface area contributed by atoms with Gasteiger partial charge in [-0.25, -0.2) is 0 Å². The first-order valence-electron chi connectivity index (χ1n) is 6.89. The maximum absolute atomic E-state index is 11.8. The molecule has 1 aliphatic heterocycles. The Balaban J connectivity index is 1.58. The van der Waals surface area contributed by atoms with Gasteiger partial charge in [-0.3, -0.25) is 4.79 Å². The third-order valence-electron chi connectivity index (χ3n) is 3.73. The van der Waals surface area contributed by atoms with Crippen molar-refractivity contribution in [2.24, 2.45) is 5.92 Å². The van der Waals surface area contributed by atoms with Gasteiger partial charge in [0, 0.05) is 25.6 Å². The quantitative estimate of drug-likeness (QED) is 0.755. The monoisotopic (exact) mass is 240 g/mol. The molecule has 2 rings (SSSR count). The Bertz CT molecular complexity index is 246. The smallest absolute Gasteiger partial charge is 0.220 e. The van der Waals surface area contributed by atoms with Crippen LogP contribution in [0.2, 0.25) is 0 Å². The van der Waals surface area contributed by atoms with Gasteiger partial charge in [0.25, 0.3) is 0 Å². The van der Waals surface area contributed by atoms with Crippen molar-refractivity contribution in [3.8, 4) is 0 Å². The van der Waals surface area contributed by atoms with Gasteiger partial charge < -0.3 is 15.4 Å². The summed E-state index contributed by atoms with van der Waals surface area (Å²) in [6.45, 7) is 4.83. The van der Waals surface area contributed by atoms with Gasteiger partial charge in [-0.1, -0.05) is 0 Å². The summed E-state index contributed by atoms with van der Waals surface area (Å²) in [7, 11) is 0. The van der Waals surface area contributed by atoms with E-state index in [0.29, 0.717) is 24.5 Å². The van der Waals surface area contributed by atoms with Crippen LogP contribution in [0.25, 0.3) is 0 Å². The fourth-order valence-electron chi connectivity index (χ4n) is 2.74. The van der Waals surface area contributed by atoms with Gasteiger partial charge in [-0.05, 0) is 45.1 Å². The van der Waals surface area contributed by atoms with E-state index in [9.17, 15) is 4.79 Å². The van der Waals surface area contributed by atoms with E-state index in [1.807, 2.05) is 6.92 Å². The summed E-state index contributed by atoms with van der Waals surface area (Å²) in [4.78, 5) is 11.8. The van der Waals surface area contributed by atoms with E-state index >= 15 is 0 Å². The van der Waals surface area contributed by atoms with E-state index in [0.717, 1.165) is 39.0 Å². The van der Waals surface area contributed by atoms with Crippen molar-refractivity contribution in [1.82, 2.24) is 10.6 Å². The molecule has 2 N–H and O–H groups in total. The van der Waals surface area contributed by atoms with Gasteiger partial charge in [-0.15, -0.1) is 0 Å². The Morgan fingerprint density at radius 3 is 2.94 bits per heavy atom. The Morgan fingerprint density at radius 1 is 1.47 bits per heavy atom. The summed E-state index contributed by atoms with van der Waals surface area (Å²) >= 11 is 0. The molecule has 2 fully saturated rings. The van der Waals surface area contributed by atoms with Gasteiger partial charge in [0.1, 0.15) is 0 Å². The number of carbonyl (C=O) groups excluding carboxylic acids is 1. The van der Waals surface area contributed by atoms with Crippen LogP contribution in [0.3, 0.4) is 0 Å². The number of piperidine rings is 1. The molecule has 17 heavy (non-hydrogen) atoms. The molecule has 4 nitrogen and oxygen atoms in total. The molecule has 1 amide bonds. The zero-order chi connectivity index (χ0) is 12.1. The van der Waals surface area contributed by atoms with Gasteiger partial charge in [-0.2, -0.15) is 0 Å². The van der Waals surface area contributed by atoms with E-state index in [1.165, 1.54) is 6.42 Å². The van der Waals surface area contributed by atoms with Crippen LogP contribution in [0.5, 0.6) is 0 Å². The number of amides is 1. The van der Waals surface area contributed by atoms with Gasteiger partial charge in [0.2, 0.25) is 5.91 Å². The maximum Gasteiger partial charge on any atom is 0.220 e. The van der Waals surface area contributed by atoms with Crippen LogP contribution >= 0.6 is 0 Å². The largest absolute Gasteiger partial charge is 0.378 e. The lowest BCUT2D eigenvalue weighted by Crippen LogP contribution is -2.46. The van der Waals surface area contributed by atoms with Crippen molar-refractivity contribution in [3.05, 3.63) is 0 Å². The summed E-state index contributed by atoms with van der Waals surface area (Å²) < 4.78 is 5.50. The third-order valence-corrected chi connectivity index (χ3v) is 3.73. The molecule has 1 aliphatic carbocycles. The normalized spacial score (nSPS) is 32.9. The number of ether oxygens (including phenoxy) is 1. The number of carbonyl (C=O) groups is 1. The highest BCUT2D eigenvalue weighted by atomic mass is 16.5. The molecular weight excluding hydrogens is 216 g/mol. The van der Waals surface area contributed by atoms with Crippen LogP contribution in [0, 0.1) is 5.92 Å². The first kappa shape index (κ1) is 12.8. The minimum Gasteiger partial charge on any atom is -0.378 e. The van der Waals surface area contributed by atoms with Crippen LogP contribution in [0.1, 0.15) is 39.0 Å². The molecule has 4 heteroatoms. The molecule has 0 spiro atoms. The van der Waals surface area contributed by atoms with Crippen LogP contribution in [0.4, 0.5) is 0 Å². The zero-order valence-corrected chi connectivity index (χ0v) is 10.7. The molecule has 0 aromatic rings. The highest BCUT2D eigenvalue weighted by molar-refractivity contribution is 5.76. The lowest BCUT2D eigenvalue weighted by atomic mass is 9.80. The van der Waals surface area contributed by atoms with E-state index in [1.54, 1.807) is 0 Å². The maximum atomic E-state index is 11.8. The fourth-order valence-corrected chi connectivity index (χ4v) is 2.74. The molecule has 0 bridgehead atoms. The first-order chi connectivity index (χ1) is 8.28. The molecule has 0 radical (unpaired) electrons. The fraction of sp³-hybridized carbons (Fsp3) is 0.923. The number of hydrogen-bond acceptors (Lipinski definition) is 3. The first-order valence-corrected chi connectivity index (χ1v) is 6.89. The Hall–Kier alpha value is -0.610. The van der Waals surface area contributed by atoms with Crippen LogP contribution in [-0.2, 0) is 9.53 Å². The minimum absolute atomic E-state index is 0.221. The number of rotatable bonds is 5. The average molecular weight is 240 g/mol. The van der Waals surface area contributed by atoms with Crippen molar-refractivity contribution < 1.29 is 9.53 Å². The van der Waals surface area contributed by atoms with Crippen LogP contribution in [0.15, 0.2) is 0 Å². The molecule has 1 saturated carbocycles. The summed E-state index contributed by atoms with van der Waals surface area (Å²) in [5.74, 6) is 0.766. The second-order valence-electron chi connectivity index (χ2n) is 5.23. The van der Waals surface area contributed by atoms with Crippen molar-refractivity contribution in [2.45, 2.75) is 51.2 Å². The summed E-state index contributed by atoms with van der Waals surface area (Å²) in [5, 5.41) is 6.43. The van der Waals surface area contributed by atoms with Crippen LogP contribution in [-0.4, -0.2) is 37.7 Å². The Labute approximate surface area is 103 Å². The standard InChI is InChI=1S/C13H24N2O2/c1-2-17-12-6-10(7-12)8-13(16)15-11-4-3-5-14-9-11/h10-12,14H,2-9H2,1H3,(H,15,16)/t10?,11-,12?/m1/s1. The second kappa shape index (κ2) is 6.36. The highest BCUT2D eigenvalue weighted by Gasteiger charge is 2.31. The predicted octanol–water partition coefficient (Wildman–Crippen LogP) is 1.06. The SMILES string of the molecule is CCOC1CC(CC(=O)N[C@@H]2CCCNC2)C1. The Morgan fingerprint density at radius 2 is 2.29 bits per heavy atom. The molecule has 98 valence electrons. The van der Waals surface area contributed by atoms with Crippen LogP contribution < -0.4 is 10.6 Å². The van der Waals surface area contributed by atoms with Gasteiger partial charge >= 0.3 is 0 Å². The van der Waals surface area contributed by atoms with Gasteiger partial charge in [0.15, 0.2) is 0 Å². The van der Waals surface area contributed by atoms with E-state index < -0.39 is 0 Å². The molecule has 1 saturated heterocycles. The van der Waals surface area contributed by atoms with E-state index in [-0.39, 0.29) is 5.91 Å².